The number of nitrogens with two attached hydrogens (primary N) is 1. The number of likely N-dealkylation sites (tertiary alicyclic amines) is 1. The van der Waals surface area contributed by atoms with Crippen LogP contribution in [0, 0.1) is 0 Å². The van der Waals surface area contributed by atoms with Crippen LogP contribution in [0.25, 0.3) is 0 Å². The van der Waals surface area contributed by atoms with E-state index in [1.165, 1.54) is 5.56 Å². The van der Waals surface area contributed by atoms with Crippen LogP contribution in [0.3, 0.4) is 0 Å². The summed E-state index contributed by atoms with van der Waals surface area (Å²) in [5.74, 6) is 0.598. The summed E-state index contributed by atoms with van der Waals surface area (Å²) in [5.41, 5.74) is 6.76. The molecular weight excluding hydrogens is 465 g/mol. The Kier molecular flexibility index (Phi) is 10.8. The number of halogens is 1. The Balaban J connectivity index is 0.00000392. The highest BCUT2D eigenvalue weighted by atomic mass is 127. The number of primary amides is 1. The van der Waals surface area contributed by atoms with Crippen LogP contribution in [0.1, 0.15) is 45.1 Å². The first-order chi connectivity index (χ1) is 13.0. The second kappa shape index (κ2) is 12.3. The fraction of sp³-hybridized carbons (Fsp3) is 0.619. The van der Waals surface area contributed by atoms with E-state index in [0.717, 1.165) is 51.3 Å². The van der Waals surface area contributed by atoms with Crippen LogP contribution in [-0.2, 0) is 10.2 Å². The van der Waals surface area contributed by atoms with Crippen LogP contribution in [-0.4, -0.2) is 56.0 Å². The lowest BCUT2D eigenvalue weighted by Gasteiger charge is -2.35. The predicted molar refractivity (Wildman–Crippen MR) is 127 cm³/mol. The van der Waals surface area contributed by atoms with Gasteiger partial charge in [-0.15, -0.1) is 24.0 Å². The molecule has 4 N–H and O–H groups in total. The lowest BCUT2D eigenvalue weighted by molar-refractivity contribution is -0.119. The molecule has 0 spiro atoms. The molecule has 1 heterocycles. The molecule has 1 saturated heterocycles. The van der Waals surface area contributed by atoms with Gasteiger partial charge >= 0.3 is 0 Å². The molecule has 2 rings (SSSR count). The van der Waals surface area contributed by atoms with Gasteiger partial charge in [0.15, 0.2) is 5.96 Å². The summed E-state index contributed by atoms with van der Waals surface area (Å²) in [7, 11) is 1.82. The summed E-state index contributed by atoms with van der Waals surface area (Å²) in [4.78, 5) is 17.6. The van der Waals surface area contributed by atoms with E-state index in [-0.39, 0.29) is 35.3 Å². The molecule has 6 nitrogen and oxygen atoms in total. The van der Waals surface area contributed by atoms with Gasteiger partial charge in [-0.3, -0.25) is 14.7 Å². The topological polar surface area (TPSA) is 82.8 Å². The molecule has 0 aliphatic carbocycles. The fourth-order valence-electron chi connectivity index (χ4n) is 3.90. The summed E-state index contributed by atoms with van der Waals surface area (Å²) in [5, 5.41) is 7.10. The second-order valence-electron chi connectivity index (χ2n) is 7.44. The molecule has 0 bridgehead atoms. The number of aliphatic imine (C=N–C) groups is 1. The summed E-state index contributed by atoms with van der Waals surface area (Å²) in [6.45, 7) is 7.48. The number of carbonyl (C=O) groups excluding carboxylic acids is 1. The van der Waals surface area contributed by atoms with E-state index in [1.807, 2.05) is 7.05 Å². The average molecular weight is 501 g/mol. The van der Waals surface area contributed by atoms with Crippen molar-refractivity contribution < 1.29 is 4.79 Å². The zero-order valence-corrected chi connectivity index (χ0v) is 19.7. The van der Waals surface area contributed by atoms with Gasteiger partial charge in [0.2, 0.25) is 5.91 Å². The van der Waals surface area contributed by atoms with Crippen molar-refractivity contribution in [1.82, 2.24) is 15.5 Å². The van der Waals surface area contributed by atoms with Gasteiger partial charge in [-0.2, -0.15) is 0 Å². The van der Waals surface area contributed by atoms with Crippen molar-refractivity contribution in [3.8, 4) is 0 Å². The average Bonchev–Trinajstić information content (AvgIpc) is 2.70. The van der Waals surface area contributed by atoms with Gasteiger partial charge in [-0.05, 0) is 31.2 Å². The third-order valence-corrected chi connectivity index (χ3v) is 5.87. The van der Waals surface area contributed by atoms with Gasteiger partial charge < -0.3 is 16.4 Å². The monoisotopic (exact) mass is 501 g/mol. The Labute approximate surface area is 186 Å². The van der Waals surface area contributed by atoms with Gasteiger partial charge in [0, 0.05) is 38.1 Å². The number of rotatable bonds is 8. The quantitative estimate of drug-likeness (QED) is 0.291. The highest BCUT2D eigenvalue weighted by molar-refractivity contribution is 14.0. The van der Waals surface area contributed by atoms with Gasteiger partial charge in [0.1, 0.15) is 0 Å². The van der Waals surface area contributed by atoms with Gasteiger partial charge in [0.05, 0.1) is 6.54 Å². The van der Waals surface area contributed by atoms with Crippen LogP contribution < -0.4 is 16.4 Å². The molecule has 28 heavy (non-hydrogen) atoms. The van der Waals surface area contributed by atoms with Crippen LogP contribution in [0.15, 0.2) is 35.3 Å². The molecule has 1 aromatic carbocycles. The molecule has 0 unspecified atom stereocenters. The molecule has 0 atom stereocenters. The van der Waals surface area contributed by atoms with E-state index in [9.17, 15) is 4.79 Å². The van der Waals surface area contributed by atoms with Crippen molar-refractivity contribution in [1.29, 1.82) is 0 Å². The third kappa shape index (κ3) is 6.92. The summed E-state index contributed by atoms with van der Waals surface area (Å²) >= 11 is 0. The first kappa shape index (κ1) is 24.7. The van der Waals surface area contributed by atoms with Crippen molar-refractivity contribution in [2.45, 2.75) is 51.0 Å². The van der Waals surface area contributed by atoms with Gasteiger partial charge in [0.25, 0.3) is 0 Å². The smallest absolute Gasteiger partial charge is 0.231 e. The number of hydrogen-bond donors (Lipinski definition) is 3. The van der Waals surface area contributed by atoms with E-state index in [4.69, 9.17) is 5.73 Å². The highest BCUT2D eigenvalue weighted by Gasteiger charge is 2.29. The minimum Gasteiger partial charge on any atom is -0.369 e. The Hall–Kier alpha value is -1.35. The fourth-order valence-corrected chi connectivity index (χ4v) is 3.90. The molecule has 1 amide bonds. The predicted octanol–water partition coefficient (Wildman–Crippen LogP) is 2.48. The number of carbonyl (C=O) groups is 1. The molecule has 0 saturated carbocycles. The molecule has 0 aromatic heterocycles. The molecule has 1 aliphatic rings. The minimum atomic E-state index is -0.254. The van der Waals surface area contributed by atoms with Crippen LogP contribution >= 0.6 is 24.0 Å². The molecular formula is C21H36IN5O. The molecule has 1 aliphatic heterocycles. The highest BCUT2D eigenvalue weighted by Crippen LogP contribution is 2.30. The van der Waals surface area contributed by atoms with Gasteiger partial charge in [-0.1, -0.05) is 44.2 Å². The minimum absolute atomic E-state index is 0. The zero-order chi connectivity index (χ0) is 19.7. The van der Waals surface area contributed by atoms with Crippen LogP contribution in [0.5, 0.6) is 0 Å². The lowest BCUT2D eigenvalue weighted by Crippen LogP contribution is -2.51. The van der Waals surface area contributed by atoms with E-state index >= 15 is 0 Å². The first-order valence-electron chi connectivity index (χ1n) is 10.1. The van der Waals surface area contributed by atoms with E-state index < -0.39 is 0 Å². The van der Waals surface area contributed by atoms with Crippen molar-refractivity contribution in [3.05, 3.63) is 35.9 Å². The molecule has 1 aromatic rings. The Morgan fingerprint density at radius 2 is 1.82 bits per heavy atom. The van der Waals surface area contributed by atoms with Crippen molar-refractivity contribution in [2.75, 3.05) is 33.2 Å². The molecule has 0 radical (unpaired) electrons. The largest absolute Gasteiger partial charge is 0.369 e. The number of nitrogens with one attached hydrogen (secondary N) is 2. The normalized spacial score (nSPS) is 16.3. The van der Waals surface area contributed by atoms with E-state index in [2.05, 4.69) is 64.7 Å². The number of benzene rings is 1. The van der Waals surface area contributed by atoms with Crippen molar-refractivity contribution >= 4 is 35.8 Å². The van der Waals surface area contributed by atoms with Crippen LogP contribution in [0.4, 0.5) is 0 Å². The van der Waals surface area contributed by atoms with E-state index in [0.29, 0.717) is 12.6 Å². The number of piperidine rings is 1. The maximum atomic E-state index is 11.1. The molecule has 1 fully saturated rings. The molecule has 7 heteroatoms. The van der Waals surface area contributed by atoms with Crippen molar-refractivity contribution in [3.63, 3.8) is 0 Å². The number of hydrogen-bond acceptors (Lipinski definition) is 3. The summed E-state index contributed by atoms with van der Waals surface area (Å²) < 4.78 is 0. The maximum absolute atomic E-state index is 11.1. The van der Waals surface area contributed by atoms with E-state index in [1.54, 1.807) is 0 Å². The third-order valence-electron chi connectivity index (χ3n) is 5.87. The summed E-state index contributed by atoms with van der Waals surface area (Å²) in [6, 6.07) is 11.1. The van der Waals surface area contributed by atoms with Crippen molar-refractivity contribution in [2.24, 2.45) is 10.7 Å². The zero-order valence-electron chi connectivity index (χ0n) is 17.4. The second-order valence-corrected chi connectivity index (χ2v) is 7.44. The Bertz CT molecular complexity index is 610. The van der Waals surface area contributed by atoms with Gasteiger partial charge in [-0.25, -0.2) is 0 Å². The lowest BCUT2D eigenvalue weighted by atomic mass is 9.76. The molecule has 158 valence electrons. The maximum Gasteiger partial charge on any atom is 0.231 e. The van der Waals surface area contributed by atoms with Crippen LogP contribution in [0.2, 0.25) is 0 Å². The number of nitrogens with zero attached hydrogens (tertiary/aromatic N) is 2. The Morgan fingerprint density at radius 1 is 1.21 bits per heavy atom. The number of guanidine groups is 1. The number of amides is 1. The summed E-state index contributed by atoms with van der Waals surface area (Å²) in [6.07, 6.45) is 4.12. The Morgan fingerprint density at radius 3 is 2.32 bits per heavy atom. The first-order valence-corrected chi connectivity index (χ1v) is 10.1. The SMILES string of the molecule is CCC(CC)(CNC(=NC)NC1CCN(CC(N)=O)CC1)c1ccccc1.I. The standard InChI is InChI=1S/C21H35N5O.HI/c1-4-21(5-2,17-9-7-6-8-10-17)16-24-20(23-3)25-18-11-13-26(14-12-18)15-19(22)27;/h6-10,18H,4-5,11-16H2,1-3H3,(H2,22,27)(H2,23,24,25);1H.